The summed E-state index contributed by atoms with van der Waals surface area (Å²) in [6.07, 6.45) is 0. The van der Waals surface area contributed by atoms with Gasteiger partial charge in [0.15, 0.2) is 0 Å². The summed E-state index contributed by atoms with van der Waals surface area (Å²) in [5, 5.41) is 0. The van der Waals surface area contributed by atoms with Crippen LogP contribution in [0, 0.1) is 5.82 Å². The van der Waals surface area contributed by atoms with Gasteiger partial charge in [0.2, 0.25) is 0 Å². The molecule has 2 aromatic carbocycles. The molecule has 2 nitrogen and oxygen atoms in total. The van der Waals surface area contributed by atoms with Gasteiger partial charge in [-0.1, -0.05) is 40.3 Å². The molecule has 0 aromatic heterocycles. The van der Waals surface area contributed by atoms with E-state index in [2.05, 4.69) is 15.9 Å². The van der Waals surface area contributed by atoms with Crippen LogP contribution in [0.2, 0.25) is 0 Å². The second-order valence-electron chi connectivity index (χ2n) is 4.29. The van der Waals surface area contributed by atoms with Gasteiger partial charge in [0.05, 0.1) is 13.2 Å². The highest BCUT2D eigenvalue weighted by Gasteiger charge is 2.07. The summed E-state index contributed by atoms with van der Waals surface area (Å²) in [5.74, 6) is -0.328. The van der Waals surface area contributed by atoms with E-state index in [1.807, 2.05) is 24.3 Å². The Balaban J connectivity index is 2.04. The molecule has 0 saturated carbocycles. The van der Waals surface area contributed by atoms with Crippen LogP contribution in [0.15, 0.2) is 46.9 Å². The average Bonchev–Trinajstić information content (AvgIpc) is 2.38. The monoisotopic (exact) mass is 353 g/mol. The summed E-state index contributed by atoms with van der Waals surface area (Å²) in [7, 11) is 0. The van der Waals surface area contributed by atoms with Gasteiger partial charge in [0, 0.05) is 10.0 Å². The van der Waals surface area contributed by atoms with Crippen molar-refractivity contribution in [3.05, 3.63) is 69.4 Å². The average molecular weight is 354 g/mol. The van der Waals surface area contributed by atoms with E-state index in [1.165, 1.54) is 12.1 Å². The number of hydrogen-bond acceptors (Lipinski definition) is 2. The predicted molar refractivity (Wildman–Crippen MR) is 84.9 cm³/mol. The van der Waals surface area contributed by atoms with Gasteiger partial charge in [-0.25, -0.2) is 4.39 Å². The fraction of sp³-hybridized carbons (Fsp3) is 0.133. The van der Waals surface area contributed by atoms with Crippen molar-refractivity contribution in [1.29, 1.82) is 0 Å². The Hall–Kier alpha value is -1.30. The van der Waals surface area contributed by atoms with Crippen molar-refractivity contribution >= 4 is 33.1 Å². The van der Waals surface area contributed by atoms with Crippen LogP contribution in [0.25, 0.3) is 0 Å². The lowest BCUT2D eigenvalue weighted by Gasteiger charge is -2.09. The zero-order valence-corrected chi connectivity index (χ0v) is 13.0. The highest BCUT2D eigenvalue weighted by molar-refractivity contribution is 9.10. The highest BCUT2D eigenvalue weighted by Crippen LogP contribution is 2.16. The molecule has 0 atom stereocenters. The van der Waals surface area contributed by atoms with Gasteiger partial charge in [-0.2, -0.15) is 0 Å². The lowest BCUT2D eigenvalue weighted by molar-refractivity contribution is 0.107. The van der Waals surface area contributed by atoms with Gasteiger partial charge in [-0.15, -0.1) is 0 Å². The van der Waals surface area contributed by atoms with Crippen molar-refractivity contribution in [2.75, 3.05) is 0 Å². The molecule has 0 radical (unpaired) electrons. The first-order chi connectivity index (χ1) is 9.56. The topological polar surface area (TPSA) is 35.2 Å². The fourth-order valence-electron chi connectivity index (χ4n) is 1.83. The summed E-state index contributed by atoms with van der Waals surface area (Å²) in [4.78, 5) is 0.242. The Morgan fingerprint density at radius 1 is 1.20 bits per heavy atom. The number of benzene rings is 2. The molecule has 0 fully saturated rings. The summed E-state index contributed by atoms with van der Waals surface area (Å²) >= 11 is 8.35. The van der Waals surface area contributed by atoms with Crippen LogP contribution in [0.1, 0.15) is 16.7 Å². The normalized spacial score (nSPS) is 10.5. The number of ether oxygens (including phenoxy) is 1. The van der Waals surface area contributed by atoms with E-state index in [0.29, 0.717) is 17.7 Å². The molecule has 0 amide bonds. The van der Waals surface area contributed by atoms with Gasteiger partial charge >= 0.3 is 0 Å². The maximum absolute atomic E-state index is 13.3. The number of nitrogens with two attached hydrogens (primary N) is 1. The summed E-state index contributed by atoms with van der Waals surface area (Å²) in [5.41, 5.74) is 7.96. The van der Waals surface area contributed by atoms with Crippen LogP contribution in [0.4, 0.5) is 4.39 Å². The van der Waals surface area contributed by atoms with E-state index in [0.717, 1.165) is 10.0 Å². The third-order valence-corrected chi connectivity index (χ3v) is 3.46. The fourth-order valence-corrected chi connectivity index (χ4v) is 2.47. The molecule has 0 saturated heterocycles. The standard InChI is InChI=1S/C15H13BrFNOS/c16-12-3-1-2-10(6-12)8-19-9-11-7-13(17)4-5-14(11)15(18)20/h1-7H,8-9H2,(H2,18,20). The predicted octanol–water partition coefficient (Wildman–Crippen LogP) is 3.94. The first-order valence-corrected chi connectivity index (χ1v) is 7.17. The molecule has 20 heavy (non-hydrogen) atoms. The van der Waals surface area contributed by atoms with Crippen LogP contribution in [-0.2, 0) is 18.0 Å². The Bertz CT molecular complexity index is 633. The summed E-state index contributed by atoms with van der Waals surface area (Å²) in [6.45, 7) is 0.698. The molecule has 0 spiro atoms. The third kappa shape index (κ3) is 4.10. The minimum absolute atomic E-state index is 0.242. The van der Waals surface area contributed by atoms with Crippen molar-refractivity contribution in [2.24, 2.45) is 5.73 Å². The third-order valence-electron chi connectivity index (χ3n) is 2.75. The smallest absolute Gasteiger partial charge is 0.123 e. The molecule has 104 valence electrons. The van der Waals surface area contributed by atoms with Crippen LogP contribution in [-0.4, -0.2) is 4.99 Å². The van der Waals surface area contributed by atoms with Crippen molar-refractivity contribution in [2.45, 2.75) is 13.2 Å². The molecule has 0 aliphatic heterocycles. The molecule has 0 unspecified atom stereocenters. The molecule has 2 rings (SSSR count). The van der Waals surface area contributed by atoms with Crippen molar-refractivity contribution < 1.29 is 9.13 Å². The van der Waals surface area contributed by atoms with Crippen LogP contribution < -0.4 is 5.73 Å². The Morgan fingerprint density at radius 3 is 2.70 bits per heavy atom. The van der Waals surface area contributed by atoms with Crippen LogP contribution in [0.5, 0.6) is 0 Å². The van der Waals surface area contributed by atoms with Crippen LogP contribution >= 0.6 is 28.1 Å². The number of halogens is 2. The van der Waals surface area contributed by atoms with Gasteiger partial charge in [-0.05, 0) is 41.5 Å². The largest absolute Gasteiger partial charge is 0.389 e. The van der Waals surface area contributed by atoms with E-state index >= 15 is 0 Å². The first-order valence-electron chi connectivity index (χ1n) is 5.96. The number of hydrogen-bond donors (Lipinski definition) is 1. The lowest BCUT2D eigenvalue weighted by Crippen LogP contribution is -2.13. The summed E-state index contributed by atoms with van der Waals surface area (Å²) in [6, 6.07) is 12.1. The minimum atomic E-state index is -0.328. The molecule has 0 aliphatic rings. The SMILES string of the molecule is NC(=S)c1ccc(F)cc1COCc1cccc(Br)c1. The zero-order valence-electron chi connectivity index (χ0n) is 10.6. The van der Waals surface area contributed by atoms with E-state index < -0.39 is 0 Å². The minimum Gasteiger partial charge on any atom is -0.389 e. The molecule has 5 heteroatoms. The van der Waals surface area contributed by atoms with Crippen molar-refractivity contribution in [3.8, 4) is 0 Å². The van der Waals surface area contributed by atoms with Crippen molar-refractivity contribution in [1.82, 2.24) is 0 Å². The zero-order chi connectivity index (χ0) is 14.5. The van der Waals surface area contributed by atoms with Crippen molar-refractivity contribution in [3.63, 3.8) is 0 Å². The molecular formula is C15H13BrFNOS. The highest BCUT2D eigenvalue weighted by atomic mass is 79.9. The lowest BCUT2D eigenvalue weighted by atomic mass is 10.1. The molecule has 2 aromatic rings. The van der Waals surface area contributed by atoms with Gasteiger partial charge < -0.3 is 10.5 Å². The maximum Gasteiger partial charge on any atom is 0.123 e. The Kier molecular flexibility index (Phi) is 5.23. The molecule has 0 heterocycles. The van der Waals surface area contributed by atoms with E-state index in [-0.39, 0.29) is 17.4 Å². The molecule has 2 N–H and O–H groups in total. The number of rotatable bonds is 5. The second kappa shape index (κ2) is 6.92. The van der Waals surface area contributed by atoms with Gasteiger partial charge in [0.1, 0.15) is 10.8 Å². The van der Waals surface area contributed by atoms with Crippen LogP contribution in [0.3, 0.4) is 0 Å². The van der Waals surface area contributed by atoms with Gasteiger partial charge in [-0.3, -0.25) is 0 Å². The first kappa shape index (κ1) is 15.1. The quantitative estimate of drug-likeness (QED) is 0.826. The Morgan fingerprint density at radius 2 is 2.00 bits per heavy atom. The second-order valence-corrected chi connectivity index (χ2v) is 5.64. The molecule has 0 bridgehead atoms. The summed E-state index contributed by atoms with van der Waals surface area (Å²) < 4.78 is 19.9. The Labute approximate surface area is 130 Å². The maximum atomic E-state index is 13.3. The van der Waals surface area contributed by atoms with E-state index in [1.54, 1.807) is 6.07 Å². The number of thiocarbonyl (C=S) groups is 1. The molecular weight excluding hydrogens is 341 g/mol. The van der Waals surface area contributed by atoms with E-state index in [4.69, 9.17) is 22.7 Å². The van der Waals surface area contributed by atoms with E-state index in [9.17, 15) is 4.39 Å². The molecule has 0 aliphatic carbocycles. The van der Waals surface area contributed by atoms with Gasteiger partial charge in [0.25, 0.3) is 0 Å².